The van der Waals surface area contributed by atoms with Gasteiger partial charge in [0.25, 0.3) is 0 Å². The summed E-state index contributed by atoms with van der Waals surface area (Å²) < 4.78 is 0.187. The molecule has 21 heavy (non-hydrogen) atoms. The molecule has 0 saturated carbocycles. The highest BCUT2D eigenvalue weighted by molar-refractivity contribution is 8.00. The average Bonchev–Trinajstić information content (AvgIpc) is 2.99. The maximum absolute atomic E-state index is 12.5. The Kier molecular flexibility index (Phi) is 4.21. The Hall–Kier alpha value is -0.710. The van der Waals surface area contributed by atoms with Crippen LogP contribution in [-0.4, -0.2) is 33.9 Å². The van der Waals surface area contributed by atoms with Crippen LogP contribution < -0.4 is 5.32 Å². The molecule has 3 atom stereocenters. The van der Waals surface area contributed by atoms with Crippen LogP contribution in [0.4, 0.5) is 0 Å². The van der Waals surface area contributed by atoms with Crippen LogP contribution in [0, 0.1) is 0 Å². The van der Waals surface area contributed by atoms with Crippen molar-refractivity contribution in [3.63, 3.8) is 0 Å². The summed E-state index contributed by atoms with van der Waals surface area (Å²) in [4.78, 5) is 14.5. The van der Waals surface area contributed by atoms with Gasteiger partial charge in [0, 0.05) is 16.3 Å². The number of halogens is 1. The number of amides is 1. The van der Waals surface area contributed by atoms with Crippen molar-refractivity contribution in [1.29, 1.82) is 0 Å². The van der Waals surface area contributed by atoms with Gasteiger partial charge in [-0.25, -0.2) is 0 Å². The minimum atomic E-state index is -0.124. The first-order valence-corrected chi connectivity index (χ1v) is 8.81. The fourth-order valence-corrected chi connectivity index (χ4v) is 4.61. The monoisotopic (exact) mass is 324 g/mol. The predicted octanol–water partition coefficient (Wildman–Crippen LogP) is 3.44. The first-order chi connectivity index (χ1) is 9.98. The zero-order chi connectivity index (χ0) is 15.0. The summed E-state index contributed by atoms with van der Waals surface area (Å²) in [6.07, 6.45) is 2.39. The molecule has 3 unspecified atom stereocenters. The third kappa shape index (κ3) is 3.08. The number of nitrogens with zero attached hydrogens (tertiary/aromatic N) is 1. The highest BCUT2D eigenvalue weighted by atomic mass is 35.5. The number of nitrogens with one attached hydrogen (secondary N) is 1. The van der Waals surface area contributed by atoms with Crippen LogP contribution in [0.3, 0.4) is 0 Å². The lowest BCUT2D eigenvalue weighted by molar-refractivity contribution is -0.130. The third-order valence-corrected chi connectivity index (χ3v) is 6.14. The van der Waals surface area contributed by atoms with Crippen LogP contribution in [0.25, 0.3) is 0 Å². The van der Waals surface area contributed by atoms with Crippen molar-refractivity contribution in [3.05, 3.63) is 34.9 Å². The van der Waals surface area contributed by atoms with Crippen LogP contribution in [0.2, 0.25) is 5.02 Å². The van der Waals surface area contributed by atoms with Crippen LogP contribution in [0.15, 0.2) is 24.3 Å². The Bertz CT molecular complexity index is 528. The fourth-order valence-electron chi connectivity index (χ4n) is 3.19. The number of thioether (sulfide) groups is 1. The Morgan fingerprint density at radius 2 is 2.14 bits per heavy atom. The molecule has 5 heteroatoms. The largest absolute Gasteiger partial charge is 0.320 e. The maximum atomic E-state index is 12.5. The van der Waals surface area contributed by atoms with E-state index in [1.54, 1.807) is 0 Å². The van der Waals surface area contributed by atoms with Crippen molar-refractivity contribution in [1.82, 2.24) is 10.2 Å². The molecular formula is C16H21ClN2OS. The van der Waals surface area contributed by atoms with Crippen molar-refractivity contribution in [2.45, 2.75) is 43.6 Å². The summed E-state index contributed by atoms with van der Waals surface area (Å²) in [5.74, 6) is 1.40. The molecule has 0 aromatic heterocycles. The quantitative estimate of drug-likeness (QED) is 0.924. The van der Waals surface area contributed by atoms with Crippen LogP contribution in [0.5, 0.6) is 0 Å². The molecule has 0 aliphatic carbocycles. The van der Waals surface area contributed by atoms with Crippen molar-refractivity contribution in [2.24, 2.45) is 0 Å². The molecule has 2 fully saturated rings. The number of rotatable bonds is 3. The molecule has 1 amide bonds. The summed E-state index contributed by atoms with van der Waals surface area (Å²) in [6.45, 7) is 5.02. The van der Waals surface area contributed by atoms with Gasteiger partial charge in [0.15, 0.2) is 0 Å². The molecule has 0 bridgehead atoms. The second-order valence-corrected chi connectivity index (χ2v) is 8.33. The molecule has 2 saturated heterocycles. The molecule has 3 nitrogen and oxygen atoms in total. The Labute approximate surface area is 135 Å². The average molecular weight is 325 g/mol. The van der Waals surface area contributed by atoms with E-state index in [1.807, 2.05) is 47.9 Å². The first kappa shape index (κ1) is 15.2. The highest BCUT2D eigenvalue weighted by Crippen LogP contribution is 2.40. The summed E-state index contributed by atoms with van der Waals surface area (Å²) in [5, 5.41) is 4.13. The molecule has 3 rings (SSSR count). The van der Waals surface area contributed by atoms with Crippen molar-refractivity contribution in [3.8, 4) is 0 Å². The first-order valence-electron chi connectivity index (χ1n) is 7.44. The van der Waals surface area contributed by atoms with Gasteiger partial charge in [0.2, 0.25) is 5.91 Å². The summed E-state index contributed by atoms with van der Waals surface area (Å²) in [5.41, 5.74) is 1.10. The van der Waals surface area contributed by atoms with Gasteiger partial charge in [-0.1, -0.05) is 23.7 Å². The van der Waals surface area contributed by atoms with Crippen molar-refractivity contribution >= 4 is 29.3 Å². The molecule has 2 aliphatic heterocycles. The number of hydrogen-bond donors (Lipinski definition) is 1. The van der Waals surface area contributed by atoms with E-state index >= 15 is 0 Å². The van der Waals surface area contributed by atoms with Gasteiger partial charge in [0.05, 0.1) is 6.04 Å². The number of carbonyl (C=O) groups excluding carboxylic acids is 1. The second-order valence-electron chi connectivity index (χ2n) is 6.21. The Morgan fingerprint density at radius 1 is 1.43 bits per heavy atom. The Balaban J connectivity index is 1.84. The zero-order valence-corrected chi connectivity index (χ0v) is 14.0. The summed E-state index contributed by atoms with van der Waals surface area (Å²) in [7, 11) is 0. The lowest BCUT2D eigenvalue weighted by atomic mass is 10.0. The van der Waals surface area contributed by atoms with E-state index < -0.39 is 0 Å². The van der Waals surface area contributed by atoms with E-state index in [0.29, 0.717) is 0 Å². The zero-order valence-electron chi connectivity index (χ0n) is 12.4. The molecule has 2 aliphatic rings. The van der Waals surface area contributed by atoms with Crippen molar-refractivity contribution < 1.29 is 4.79 Å². The topological polar surface area (TPSA) is 32.3 Å². The van der Waals surface area contributed by atoms with Gasteiger partial charge in [-0.2, -0.15) is 11.8 Å². The van der Waals surface area contributed by atoms with Crippen LogP contribution in [-0.2, 0) is 4.79 Å². The van der Waals surface area contributed by atoms with Crippen LogP contribution >= 0.6 is 23.4 Å². The Morgan fingerprint density at radius 3 is 2.76 bits per heavy atom. The van der Waals surface area contributed by atoms with Crippen molar-refractivity contribution in [2.75, 3.05) is 12.3 Å². The van der Waals surface area contributed by atoms with E-state index in [0.717, 1.165) is 17.1 Å². The lowest BCUT2D eigenvalue weighted by Gasteiger charge is -2.33. The number of hydrogen-bond acceptors (Lipinski definition) is 3. The molecule has 0 radical (unpaired) electrons. The fraction of sp³-hybridized carbons (Fsp3) is 0.562. The SMILES string of the molecule is CC1NC(c2ccc(Cl)cc2)N(CC2(C)CCCS2)C1=O. The van der Waals surface area contributed by atoms with E-state index in [1.165, 1.54) is 18.6 Å². The van der Waals surface area contributed by atoms with Gasteiger partial charge in [0.1, 0.15) is 6.17 Å². The van der Waals surface area contributed by atoms with Gasteiger partial charge >= 0.3 is 0 Å². The summed E-state index contributed by atoms with van der Waals surface area (Å²) >= 11 is 7.96. The van der Waals surface area contributed by atoms with Crippen LogP contribution in [0.1, 0.15) is 38.4 Å². The molecule has 1 aromatic carbocycles. The standard InChI is InChI=1S/C16H21ClN2OS/c1-11-15(20)19(10-16(2)8-3-9-21-16)14(18-11)12-4-6-13(17)7-5-12/h4-7,11,14,18H,3,8-10H2,1-2H3. The minimum Gasteiger partial charge on any atom is -0.320 e. The normalized spacial score (nSPS) is 32.9. The number of carbonyl (C=O) groups is 1. The molecule has 2 heterocycles. The molecular weight excluding hydrogens is 304 g/mol. The van der Waals surface area contributed by atoms with Gasteiger partial charge < -0.3 is 4.90 Å². The highest BCUT2D eigenvalue weighted by Gasteiger charge is 2.42. The lowest BCUT2D eigenvalue weighted by Crippen LogP contribution is -2.40. The number of benzene rings is 1. The van der Waals surface area contributed by atoms with E-state index in [2.05, 4.69) is 12.2 Å². The van der Waals surface area contributed by atoms with E-state index in [9.17, 15) is 4.79 Å². The van der Waals surface area contributed by atoms with E-state index in [-0.39, 0.29) is 22.9 Å². The van der Waals surface area contributed by atoms with Gasteiger partial charge in [-0.3, -0.25) is 10.1 Å². The minimum absolute atomic E-state index is 0.0391. The van der Waals surface area contributed by atoms with E-state index in [4.69, 9.17) is 11.6 Å². The second kappa shape index (κ2) is 5.82. The smallest absolute Gasteiger partial charge is 0.241 e. The predicted molar refractivity (Wildman–Crippen MR) is 88.6 cm³/mol. The summed E-state index contributed by atoms with van der Waals surface area (Å²) in [6, 6.07) is 7.65. The van der Waals surface area contributed by atoms with Gasteiger partial charge in [-0.05, 0) is 50.1 Å². The molecule has 1 N–H and O–H groups in total. The molecule has 0 spiro atoms. The molecule has 1 aromatic rings. The maximum Gasteiger partial charge on any atom is 0.241 e. The third-order valence-electron chi connectivity index (χ3n) is 4.36. The molecule has 114 valence electrons. The van der Waals surface area contributed by atoms with Gasteiger partial charge in [-0.15, -0.1) is 0 Å².